The first kappa shape index (κ1) is 18.8. The summed E-state index contributed by atoms with van der Waals surface area (Å²) < 4.78 is 23.0. The van der Waals surface area contributed by atoms with Gasteiger partial charge in [0.1, 0.15) is 12.3 Å². The van der Waals surface area contributed by atoms with E-state index in [1.54, 1.807) is 24.3 Å². The molecule has 0 saturated heterocycles. The fraction of sp³-hybridized carbons (Fsp3) is 0.235. The molecule has 1 amide bonds. The summed E-state index contributed by atoms with van der Waals surface area (Å²) in [6, 6.07) is 6.79. The van der Waals surface area contributed by atoms with Gasteiger partial charge in [0.05, 0.1) is 27.5 Å². The Morgan fingerprint density at radius 3 is 2.50 bits per heavy atom. The molecule has 3 aromatic rings. The van der Waals surface area contributed by atoms with E-state index in [9.17, 15) is 4.79 Å². The largest absolute Gasteiger partial charge is 0.493 e. The van der Waals surface area contributed by atoms with Crippen LogP contribution in [0.15, 0.2) is 35.6 Å². The van der Waals surface area contributed by atoms with Crippen molar-refractivity contribution in [2.24, 2.45) is 5.11 Å². The number of imidazole rings is 1. The second kappa shape index (κ2) is 8.14. The molecular formula is C17H16N6O5. The standard InChI is InChI=1S/C17H16N6O5/c1-25-12-6-10(7-13(26-2)16(12)27-3)9-28-15-5-4-14-19-11(8-23(14)21-15)17(24)20-22-18/h4-8H,9H2,1-3H3. The minimum Gasteiger partial charge on any atom is -0.493 e. The minimum atomic E-state index is -0.784. The van der Waals surface area contributed by atoms with E-state index in [1.807, 2.05) is 0 Å². The third-order valence-electron chi connectivity index (χ3n) is 3.76. The van der Waals surface area contributed by atoms with Crippen LogP contribution < -0.4 is 18.9 Å². The molecule has 0 atom stereocenters. The summed E-state index contributed by atoms with van der Waals surface area (Å²) in [6.07, 6.45) is 1.36. The number of nitrogens with zero attached hydrogens (tertiary/aromatic N) is 6. The molecular weight excluding hydrogens is 368 g/mol. The van der Waals surface area contributed by atoms with Crippen LogP contribution in [0.2, 0.25) is 0 Å². The molecule has 0 N–H and O–H groups in total. The maximum Gasteiger partial charge on any atom is 0.269 e. The fourth-order valence-corrected chi connectivity index (χ4v) is 2.51. The van der Waals surface area contributed by atoms with E-state index in [0.717, 1.165) is 5.56 Å². The third-order valence-corrected chi connectivity index (χ3v) is 3.76. The second-order valence-electron chi connectivity index (χ2n) is 5.42. The Labute approximate surface area is 159 Å². The van der Waals surface area contributed by atoms with Crippen molar-refractivity contribution in [3.05, 3.63) is 52.2 Å². The molecule has 0 saturated carbocycles. The van der Waals surface area contributed by atoms with Crippen molar-refractivity contribution in [1.29, 1.82) is 0 Å². The molecule has 11 heteroatoms. The lowest BCUT2D eigenvalue weighted by Crippen LogP contribution is -2.02. The van der Waals surface area contributed by atoms with Crippen LogP contribution in [0.3, 0.4) is 0 Å². The predicted octanol–water partition coefficient (Wildman–Crippen LogP) is 2.78. The lowest BCUT2D eigenvalue weighted by molar-refractivity contribution is 0.0996. The Bertz CT molecular complexity index is 1050. The molecule has 2 heterocycles. The zero-order valence-corrected chi connectivity index (χ0v) is 15.3. The van der Waals surface area contributed by atoms with Crippen LogP contribution in [-0.2, 0) is 6.61 Å². The molecule has 0 spiro atoms. The Morgan fingerprint density at radius 2 is 1.89 bits per heavy atom. The number of aromatic nitrogens is 3. The average molecular weight is 384 g/mol. The van der Waals surface area contributed by atoms with E-state index in [4.69, 9.17) is 24.5 Å². The predicted molar refractivity (Wildman–Crippen MR) is 96.9 cm³/mol. The zero-order valence-electron chi connectivity index (χ0n) is 15.3. The van der Waals surface area contributed by atoms with Crippen LogP contribution in [-0.4, -0.2) is 41.8 Å². The number of fused-ring (bicyclic) bond motifs is 1. The first-order chi connectivity index (χ1) is 13.6. The highest BCUT2D eigenvalue weighted by atomic mass is 16.5. The average Bonchev–Trinajstić information content (AvgIpc) is 3.15. The second-order valence-corrected chi connectivity index (χ2v) is 5.42. The summed E-state index contributed by atoms with van der Waals surface area (Å²) in [5.74, 6) is 1.04. The highest BCUT2D eigenvalue weighted by molar-refractivity contribution is 5.93. The number of rotatable bonds is 7. The van der Waals surface area contributed by atoms with Gasteiger partial charge >= 0.3 is 0 Å². The van der Waals surface area contributed by atoms with Crippen LogP contribution in [0.4, 0.5) is 0 Å². The van der Waals surface area contributed by atoms with Gasteiger partial charge in [-0.2, -0.15) is 0 Å². The smallest absolute Gasteiger partial charge is 0.269 e. The summed E-state index contributed by atoms with van der Waals surface area (Å²) in [5.41, 5.74) is 9.53. The van der Waals surface area contributed by atoms with Crippen molar-refractivity contribution < 1.29 is 23.7 Å². The van der Waals surface area contributed by atoms with Crippen molar-refractivity contribution in [2.45, 2.75) is 6.61 Å². The number of methoxy groups -OCH3 is 3. The van der Waals surface area contributed by atoms with E-state index < -0.39 is 5.91 Å². The molecule has 0 bridgehead atoms. The maximum absolute atomic E-state index is 11.6. The molecule has 0 fully saturated rings. The molecule has 2 aromatic heterocycles. The van der Waals surface area contributed by atoms with E-state index in [0.29, 0.717) is 28.8 Å². The van der Waals surface area contributed by atoms with Gasteiger partial charge in [0, 0.05) is 11.0 Å². The molecule has 0 aliphatic heterocycles. The number of ether oxygens (including phenoxy) is 4. The van der Waals surface area contributed by atoms with Gasteiger partial charge in [-0.1, -0.05) is 0 Å². The summed E-state index contributed by atoms with van der Waals surface area (Å²) in [5, 5.41) is 7.24. The van der Waals surface area contributed by atoms with Crippen LogP contribution in [0, 0.1) is 0 Å². The normalized spacial score (nSPS) is 10.2. The van der Waals surface area contributed by atoms with Crippen molar-refractivity contribution in [3.63, 3.8) is 0 Å². The number of hydrogen-bond donors (Lipinski definition) is 0. The summed E-state index contributed by atoms with van der Waals surface area (Å²) in [4.78, 5) is 18.1. The summed E-state index contributed by atoms with van der Waals surface area (Å²) >= 11 is 0. The molecule has 0 radical (unpaired) electrons. The molecule has 0 aliphatic carbocycles. The first-order valence-corrected chi connectivity index (χ1v) is 7.97. The summed E-state index contributed by atoms with van der Waals surface area (Å²) in [6.45, 7) is 0.189. The van der Waals surface area contributed by atoms with E-state index in [2.05, 4.69) is 20.1 Å². The van der Waals surface area contributed by atoms with Gasteiger partial charge in [0.15, 0.2) is 17.1 Å². The van der Waals surface area contributed by atoms with Gasteiger partial charge in [0.25, 0.3) is 5.91 Å². The molecule has 0 aliphatic rings. The SMILES string of the molecule is COc1cc(COc2ccc3nc(C(=O)N=[N+]=[N-])cn3n2)cc(OC)c1OC. The molecule has 0 unspecified atom stereocenters. The van der Waals surface area contributed by atoms with Crippen molar-refractivity contribution in [1.82, 2.24) is 14.6 Å². The van der Waals surface area contributed by atoms with E-state index in [1.165, 1.54) is 32.0 Å². The van der Waals surface area contributed by atoms with E-state index >= 15 is 0 Å². The van der Waals surface area contributed by atoms with Crippen molar-refractivity contribution in [2.75, 3.05) is 21.3 Å². The Hall–Kier alpha value is -3.98. The van der Waals surface area contributed by atoms with Crippen molar-refractivity contribution in [3.8, 4) is 23.1 Å². The van der Waals surface area contributed by atoms with Crippen LogP contribution >= 0.6 is 0 Å². The number of amides is 1. The number of hydrogen-bond acceptors (Lipinski definition) is 7. The molecule has 1 aromatic carbocycles. The number of carbonyl (C=O) groups excluding carboxylic acids is 1. The quantitative estimate of drug-likeness (QED) is 0.347. The van der Waals surface area contributed by atoms with Gasteiger partial charge in [-0.3, -0.25) is 4.79 Å². The van der Waals surface area contributed by atoms with Gasteiger partial charge in [-0.05, 0) is 34.4 Å². The zero-order chi connectivity index (χ0) is 20.1. The monoisotopic (exact) mass is 384 g/mol. The van der Waals surface area contributed by atoms with Crippen LogP contribution in [0.1, 0.15) is 16.1 Å². The third kappa shape index (κ3) is 3.74. The van der Waals surface area contributed by atoms with Crippen LogP contribution in [0.5, 0.6) is 23.1 Å². The first-order valence-electron chi connectivity index (χ1n) is 7.97. The number of azide groups is 1. The van der Waals surface area contributed by atoms with Crippen molar-refractivity contribution >= 4 is 11.6 Å². The minimum absolute atomic E-state index is 0.00734. The van der Waals surface area contributed by atoms with Gasteiger partial charge in [-0.25, -0.2) is 9.50 Å². The maximum atomic E-state index is 11.6. The highest BCUT2D eigenvalue weighted by Crippen LogP contribution is 2.38. The van der Waals surface area contributed by atoms with E-state index in [-0.39, 0.29) is 12.3 Å². The molecule has 144 valence electrons. The Balaban J connectivity index is 1.81. The molecule has 3 rings (SSSR count). The topological polar surface area (TPSA) is 133 Å². The summed E-state index contributed by atoms with van der Waals surface area (Å²) in [7, 11) is 4.60. The number of carbonyl (C=O) groups is 1. The lowest BCUT2D eigenvalue weighted by Gasteiger charge is -2.14. The Kier molecular flexibility index (Phi) is 5.47. The van der Waals surface area contributed by atoms with Gasteiger partial charge in [0.2, 0.25) is 11.6 Å². The fourth-order valence-electron chi connectivity index (χ4n) is 2.51. The highest BCUT2D eigenvalue weighted by Gasteiger charge is 2.14. The Morgan fingerprint density at radius 1 is 1.18 bits per heavy atom. The molecule has 28 heavy (non-hydrogen) atoms. The molecule has 11 nitrogen and oxygen atoms in total. The van der Waals surface area contributed by atoms with Crippen LogP contribution in [0.25, 0.3) is 16.1 Å². The number of benzene rings is 1. The van der Waals surface area contributed by atoms with Gasteiger partial charge in [-0.15, -0.1) is 5.10 Å². The van der Waals surface area contributed by atoms with Gasteiger partial charge < -0.3 is 18.9 Å². The lowest BCUT2D eigenvalue weighted by atomic mass is 10.2.